The minimum absolute atomic E-state index is 0.0121. The largest absolute Gasteiger partial charge is 0.480 e. The van der Waals surface area contributed by atoms with Gasteiger partial charge in [-0.3, -0.25) is 4.79 Å². The highest BCUT2D eigenvalue weighted by molar-refractivity contribution is 7.98. The molecule has 19 heavy (non-hydrogen) atoms. The van der Waals surface area contributed by atoms with E-state index in [0.717, 1.165) is 12.2 Å². The van der Waals surface area contributed by atoms with Gasteiger partial charge in [-0.25, -0.2) is 9.59 Å². The number of carbonyl (C=O) groups is 3. The second kappa shape index (κ2) is 8.63. The fourth-order valence-corrected chi connectivity index (χ4v) is 2.36. The van der Waals surface area contributed by atoms with Crippen LogP contribution in [0.3, 0.4) is 0 Å². The molecule has 0 aromatic heterocycles. The molecule has 0 saturated carbocycles. The smallest absolute Gasteiger partial charge is 0.326 e. The number of nitrogens with two attached hydrogens (primary N) is 1. The van der Waals surface area contributed by atoms with Crippen molar-refractivity contribution in [1.82, 2.24) is 10.2 Å². The maximum absolute atomic E-state index is 11.9. The van der Waals surface area contributed by atoms with Gasteiger partial charge in [0, 0.05) is 18.8 Å². The number of amides is 3. The highest BCUT2D eigenvalue weighted by Gasteiger charge is 2.25. The maximum Gasteiger partial charge on any atom is 0.326 e. The lowest BCUT2D eigenvalue weighted by Crippen LogP contribution is -2.51. The van der Waals surface area contributed by atoms with Crippen molar-refractivity contribution in [1.29, 1.82) is 0 Å². The van der Waals surface area contributed by atoms with Crippen LogP contribution in [-0.4, -0.2) is 59.1 Å². The molecular formula is C11H21N3O4S. The van der Waals surface area contributed by atoms with Crippen molar-refractivity contribution in [2.75, 3.05) is 19.1 Å². The number of rotatable bonds is 8. The van der Waals surface area contributed by atoms with E-state index in [-0.39, 0.29) is 6.04 Å². The summed E-state index contributed by atoms with van der Waals surface area (Å²) in [6.07, 6.45) is 2.27. The molecule has 0 aliphatic carbocycles. The van der Waals surface area contributed by atoms with E-state index < -0.39 is 30.4 Å². The summed E-state index contributed by atoms with van der Waals surface area (Å²) >= 11 is 1.60. The molecule has 0 heterocycles. The van der Waals surface area contributed by atoms with Crippen molar-refractivity contribution in [3.63, 3.8) is 0 Å². The molecule has 0 aliphatic heterocycles. The summed E-state index contributed by atoms with van der Waals surface area (Å²) in [5, 5.41) is 11.2. The molecule has 0 fully saturated rings. The molecule has 0 radical (unpaired) electrons. The van der Waals surface area contributed by atoms with Crippen molar-refractivity contribution in [2.45, 2.75) is 31.8 Å². The Bertz CT molecular complexity index is 338. The van der Waals surface area contributed by atoms with Crippen molar-refractivity contribution < 1.29 is 19.5 Å². The summed E-state index contributed by atoms with van der Waals surface area (Å²) < 4.78 is 0. The van der Waals surface area contributed by atoms with Gasteiger partial charge in [0.1, 0.15) is 6.04 Å². The molecule has 0 aromatic carbocycles. The number of nitrogens with one attached hydrogen (secondary N) is 1. The third-order valence-corrected chi connectivity index (χ3v) is 3.42. The van der Waals surface area contributed by atoms with Crippen LogP contribution in [0, 0.1) is 0 Å². The quantitative estimate of drug-likeness (QED) is 0.587. The first-order chi connectivity index (χ1) is 8.83. The van der Waals surface area contributed by atoms with Gasteiger partial charge >= 0.3 is 12.0 Å². The number of urea groups is 1. The Morgan fingerprint density at radius 3 is 2.37 bits per heavy atom. The van der Waals surface area contributed by atoms with Gasteiger partial charge in [0.05, 0.1) is 6.42 Å². The van der Waals surface area contributed by atoms with Crippen LogP contribution in [0.4, 0.5) is 4.79 Å². The molecule has 4 N–H and O–H groups in total. The van der Waals surface area contributed by atoms with Crippen LogP contribution >= 0.6 is 11.8 Å². The van der Waals surface area contributed by atoms with Gasteiger partial charge in [0.25, 0.3) is 0 Å². The summed E-state index contributed by atoms with van der Waals surface area (Å²) in [5.74, 6) is -1.29. The second-order valence-electron chi connectivity index (χ2n) is 4.14. The molecule has 0 saturated heterocycles. The summed E-state index contributed by atoms with van der Waals surface area (Å²) in [4.78, 5) is 35.0. The Morgan fingerprint density at radius 1 is 1.42 bits per heavy atom. The molecular weight excluding hydrogens is 270 g/mol. The molecule has 0 aromatic rings. The number of thioether (sulfide) groups is 1. The topological polar surface area (TPSA) is 113 Å². The highest BCUT2D eigenvalue weighted by Crippen LogP contribution is 2.08. The summed E-state index contributed by atoms with van der Waals surface area (Å²) in [5.41, 5.74) is 4.95. The third kappa shape index (κ3) is 6.32. The van der Waals surface area contributed by atoms with Gasteiger partial charge in [-0.1, -0.05) is 6.92 Å². The number of aliphatic carboxylic acids is 1. The molecule has 7 nitrogen and oxygen atoms in total. The molecule has 8 heteroatoms. The third-order valence-electron chi connectivity index (χ3n) is 2.70. The Morgan fingerprint density at radius 2 is 2.00 bits per heavy atom. The van der Waals surface area contributed by atoms with E-state index >= 15 is 0 Å². The minimum Gasteiger partial charge on any atom is -0.480 e. The lowest BCUT2D eigenvalue weighted by atomic mass is 10.2. The van der Waals surface area contributed by atoms with E-state index in [4.69, 9.17) is 10.8 Å². The SMILES string of the molecule is CCC(CSC)N(C)C(=O)N[C@H](CC(N)=O)C(=O)O. The van der Waals surface area contributed by atoms with Crippen LogP contribution in [0.1, 0.15) is 19.8 Å². The van der Waals surface area contributed by atoms with Gasteiger partial charge in [0.15, 0.2) is 0 Å². The monoisotopic (exact) mass is 291 g/mol. The molecule has 0 bridgehead atoms. The van der Waals surface area contributed by atoms with E-state index in [1.165, 1.54) is 4.90 Å². The molecule has 1 unspecified atom stereocenters. The van der Waals surface area contributed by atoms with Gasteiger partial charge in [-0.2, -0.15) is 11.8 Å². The van der Waals surface area contributed by atoms with Crippen molar-refractivity contribution >= 4 is 29.7 Å². The second-order valence-corrected chi connectivity index (χ2v) is 5.05. The number of hydrogen-bond acceptors (Lipinski definition) is 4. The zero-order valence-electron chi connectivity index (χ0n) is 11.4. The Labute approximate surface area is 116 Å². The number of nitrogens with zero attached hydrogens (tertiary/aromatic N) is 1. The van der Waals surface area contributed by atoms with Crippen LogP contribution in [0.2, 0.25) is 0 Å². The zero-order chi connectivity index (χ0) is 15.0. The number of primary amides is 1. The molecule has 3 amide bonds. The predicted octanol–water partition coefficient (Wildman–Crippen LogP) is 0.0980. The van der Waals surface area contributed by atoms with Crippen molar-refractivity contribution in [2.24, 2.45) is 5.73 Å². The first-order valence-corrected chi connectivity index (χ1v) is 7.26. The summed E-state index contributed by atoms with van der Waals surface area (Å²) in [6, 6.07) is -1.80. The van der Waals surface area contributed by atoms with Crippen molar-refractivity contribution in [3.05, 3.63) is 0 Å². The van der Waals surface area contributed by atoms with Gasteiger partial charge in [-0.15, -0.1) is 0 Å². The Balaban J connectivity index is 4.61. The van der Waals surface area contributed by atoms with Crippen LogP contribution in [0.5, 0.6) is 0 Å². The van der Waals surface area contributed by atoms with Gasteiger partial charge < -0.3 is 21.1 Å². The van der Waals surface area contributed by atoms with E-state index in [2.05, 4.69) is 5.32 Å². The highest BCUT2D eigenvalue weighted by atomic mass is 32.2. The lowest BCUT2D eigenvalue weighted by molar-refractivity contribution is -0.140. The molecule has 0 spiro atoms. The van der Waals surface area contributed by atoms with E-state index in [0.29, 0.717) is 0 Å². The Hall–Kier alpha value is -1.44. The number of carboxylic acids is 1. The van der Waals surface area contributed by atoms with E-state index in [1.54, 1.807) is 18.8 Å². The van der Waals surface area contributed by atoms with Crippen LogP contribution < -0.4 is 11.1 Å². The van der Waals surface area contributed by atoms with Gasteiger partial charge in [0.2, 0.25) is 5.91 Å². The summed E-state index contributed by atoms with van der Waals surface area (Å²) in [7, 11) is 1.60. The minimum atomic E-state index is -1.29. The van der Waals surface area contributed by atoms with Crippen LogP contribution in [-0.2, 0) is 9.59 Å². The standard InChI is InChI=1S/C11H21N3O4S/c1-4-7(6-19-3)14(2)11(18)13-8(10(16)17)5-9(12)15/h7-8H,4-6H2,1-3H3,(H2,12,15)(H,13,18)(H,16,17)/t7?,8-/m1/s1. The first-order valence-electron chi connectivity index (χ1n) is 5.86. The average Bonchev–Trinajstić information content (AvgIpc) is 2.33. The first kappa shape index (κ1) is 17.6. The number of carbonyl (C=O) groups excluding carboxylic acids is 2. The van der Waals surface area contributed by atoms with E-state index in [1.807, 2.05) is 13.2 Å². The molecule has 0 rings (SSSR count). The predicted molar refractivity (Wildman–Crippen MR) is 74.0 cm³/mol. The van der Waals surface area contributed by atoms with Crippen LogP contribution in [0.25, 0.3) is 0 Å². The average molecular weight is 291 g/mol. The van der Waals surface area contributed by atoms with Crippen molar-refractivity contribution in [3.8, 4) is 0 Å². The summed E-state index contributed by atoms with van der Waals surface area (Å²) in [6.45, 7) is 1.95. The zero-order valence-corrected chi connectivity index (χ0v) is 12.2. The normalized spacial score (nSPS) is 13.4. The number of carboxylic acid groups (broad SMARTS) is 1. The van der Waals surface area contributed by atoms with Crippen LogP contribution in [0.15, 0.2) is 0 Å². The fraction of sp³-hybridized carbons (Fsp3) is 0.727. The Kier molecular flexibility index (Phi) is 7.97. The maximum atomic E-state index is 11.9. The molecule has 110 valence electrons. The molecule has 0 aliphatic rings. The number of hydrogen-bond donors (Lipinski definition) is 3. The lowest BCUT2D eigenvalue weighted by Gasteiger charge is -2.28. The molecule has 2 atom stereocenters. The fourth-order valence-electron chi connectivity index (χ4n) is 1.51. The van der Waals surface area contributed by atoms with E-state index in [9.17, 15) is 14.4 Å². The van der Waals surface area contributed by atoms with Gasteiger partial charge in [-0.05, 0) is 12.7 Å².